The third kappa shape index (κ3) is 3.28. The molecule has 0 saturated carbocycles. The first kappa shape index (κ1) is 16.5. The van der Waals surface area contributed by atoms with Crippen LogP contribution in [0.5, 0.6) is 0 Å². The van der Waals surface area contributed by atoms with Gasteiger partial charge in [-0.2, -0.15) is 0 Å². The minimum absolute atomic E-state index is 0.0598. The van der Waals surface area contributed by atoms with Gasteiger partial charge in [0, 0.05) is 37.0 Å². The molecule has 0 spiro atoms. The van der Waals surface area contributed by atoms with Crippen molar-refractivity contribution in [2.75, 3.05) is 19.7 Å². The molecule has 0 aromatic carbocycles. The largest absolute Gasteiger partial charge is 0.372 e. The predicted octanol–water partition coefficient (Wildman–Crippen LogP) is 2.52. The van der Waals surface area contributed by atoms with Crippen molar-refractivity contribution < 1.29 is 14.3 Å². The average Bonchev–Trinajstić information content (AvgIpc) is 3.22. The molecule has 0 aliphatic carbocycles. The van der Waals surface area contributed by atoms with Crippen molar-refractivity contribution >= 4 is 16.9 Å². The van der Waals surface area contributed by atoms with Crippen LogP contribution in [0.3, 0.4) is 0 Å². The van der Waals surface area contributed by atoms with Crippen molar-refractivity contribution in [1.82, 2.24) is 14.5 Å². The van der Waals surface area contributed by atoms with Crippen LogP contribution in [-0.4, -0.2) is 52.3 Å². The van der Waals surface area contributed by atoms with Gasteiger partial charge in [0.25, 0.3) is 0 Å². The summed E-state index contributed by atoms with van der Waals surface area (Å²) in [4.78, 5) is 19.4. The third-order valence-electron chi connectivity index (χ3n) is 5.01. The van der Waals surface area contributed by atoms with Crippen LogP contribution in [0.1, 0.15) is 38.5 Å². The molecule has 2 aliphatic heterocycles. The van der Waals surface area contributed by atoms with E-state index in [2.05, 4.69) is 11.1 Å². The summed E-state index contributed by atoms with van der Waals surface area (Å²) >= 11 is 0. The van der Waals surface area contributed by atoms with E-state index in [0.717, 1.165) is 36.2 Å². The molecule has 6 heteroatoms. The molecule has 2 aromatic heterocycles. The second kappa shape index (κ2) is 6.77. The molecule has 1 amide bonds. The zero-order valence-corrected chi connectivity index (χ0v) is 14.9. The monoisotopic (exact) mass is 343 g/mol. The number of rotatable bonds is 3. The van der Waals surface area contributed by atoms with Gasteiger partial charge in [0.15, 0.2) is 0 Å². The van der Waals surface area contributed by atoms with Gasteiger partial charge in [-0.05, 0) is 44.9 Å². The molecule has 4 heterocycles. The number of nitrogens with zero attached hydrogens (tertiary/aromatic N) is 3. The summed E-state index contributed by atoms with van der Waals surface area (Å²) in [5.41, 5.74) is 1.92. The van der Waals surface area contributed by atoms with Gasteiger partial charge in [0.1, 0.15) is 12.2 Å². The standard InChI is InChI=1S/C19H25N3O3/c1-13-10-21(11-14(2)25-13)18(23)12-22-16(17-6-4-8-24-17)9-15-5-3-7-20-19(15)22/h3,5,7,9,13-14,17H,4,6,8,10-12H2,1-2H3/t13-,14-,17+/m0/s1. The Morgan fingerprint density at radius 3 is 2.84 bits per heavy atom. The van der Waals surface area contributed by atoms with Gasteiger partial charge in [0.05, 0.1) is 18.3 Å². The van der Waals surface area contributed by atoms with Crippen LogP contribution in [-0.2, 0) is 20.8 Å². The Hall–Kier alpha value is -1.92. The molecule has 0 unspecified atom stereocenters. The Labute approximate surface area is 147 Å². The summed E-state index contributed by atoms with van der Waals surface area (Å²) in [7, 11) is 0. The molecule has 0 radical (unpaired) electrons. The molecular formula is C19H25N3O3. The summed E-state index contributed by atoms with van der Waals surface area (Å²) < 4.78 is 13.7. The number of fused-ring (bicyclic) bond motifs is 1. The van der Waals surface area contributed by atoms with Crippen molar-refractivity contribution in [3.05, 3.63) is 30.1 Å². The summed E-state index contributed by atoms with van der Waals surface area (Å²) in [6, 6.07) is 6.09. The van der Waals surface area contributed by atoms with E-state index in [0.29, 0.717) is 19.6 Å². The molecule has 134 valence electrons. The first-order valence-electron chi connectivity index (χ1n) is 9.11. The maximum atomic E-state index is 12.9. The Kier molecular flexibility index (Phi) is 4.48. The number of carbonyl (C=O) groups excluding carboxylic acids is 1. The number of amides is 1. The van der Waals surface area contributed by atoms with Crippen LogP contribution in [0.25, 0.3) is 11.0 Å². The Morgan fingerprint density at radius 1 is 1.32 bits per heavy atom. The van der Waals surface area contributed by atoms with Gasteiger partial charge in [-0.25, -0.2) is 4.98 Å². The highest BCUT2D eigenvalue weighted by Gasteiger charge is 2.28. The number of morpholine rings is 1. The van der Waals surface area contributed by atoms with Crippen molar-refractivity contribution in [2.24, 2.45) is 0 Å². The minimum atomic E-state index is 0.0598. The SMILES string of the molecule is C[C@H]1CN(C(=O)Cn2c([C@H]3CCCO3)cc3cccnc32)C[C@H](C)O1. The molecule has 2 fully saturated rings. The van der Waals surface area contributed by atoms with E-state index in [9.17, 15) is 4.79 Å². The van der Waals surface area contributed by atoms with E-state index in [1.54, 1.807) is 6.20 Å². The van der Waals surface area contributed by atoms with Crippen molar-refractivity contribution in [3.63, 3.8) is 0 Å². The zero-order chi connectivity index (χ0) is 17.4. The summed E-state index contributed by atoms with van der Waals surface area (Å²) in [6.45, 7) is 6.40. The van der Waals surface area contributed by atoms with Crippen LogP contribution in [0.4, 0.5) is 0 Å². The smallest absolute Gasteiger partial charge is 0.242 e. The normalized spacial score (nSPS) is 27.1. The predicted molar refractivity (Wildman–Crippen MR) is 94.2 cm³/mol. The topological polar surface area (TPSA) is 56.6 Å². The summed E-state index contributed by atoms with van der Waals surface area (Å²) in [5, 5.41) is 1.06. The molecular weight excluding hydrogens is 318 g/mol. The van der Waals surface area contributed by atoms with Crippen LogP contribution in [0.2, 0.25) is 0 Å². The maximum absolute atomic E-state index is 12.9. The molecule has 0 bridgehead atoms. The van der Waals surface area contributed by atoms with Crippen molar-refractivity contribution in [3.8, 4) is 0 Å². The fraction of sp³-hybridized carbons (Fsp3) is 0.579. The lowest BCUT2D eigenvalue weighted by Crippen LogP contribution is -2.49. The number of hydrogen-bond acceptors (Lipinski definition) is 4. The molecule has 2 aliphatic rings. The van der Waals surface area contributed by atoms with Gasteiger partial charge in [0.2, 0.25) is 5.91 Å². The van der Waals surface area contributed by atoms with E-state index < -0.39 is 0 Å². The quantitative estimate of drug-likeness (QED) is 0.859. The lowest BCUT2D eigenvalue weighted by atomic mass is 10.1. The Bertz CT molecular complexity index is 756. The molecule has 3 atom stereocenters. The van der Waals surface area contributed by atoms with Crippen LogP contribution >= 0.6 is 0 Å². The van der Waals surface area contributed by atoms with Crippen LogP contribution in [0.15, 0.2) is 24.4 Å². The van der Waals surface area contributed by atoms with Gasteiger partial charge in [-0.15, -0.1) is 0 Å². The highest BCUT2D eigenvalue weighted by molar-refractivity contribution is 5.82. The van der Waals surface area contributed by atoms with Crippen molar-refractivity contribution in [2.45, 2.75) is 51.5 Å². The number of pyridine rings is 1. The van der Waals surface area contributed by atoms with Crippen LogP contribution in [0, 0.1) is 0 Å². The molecule has 4 rings (SSSR count). The number of hydrogen-bond donors (Lipinski definition) is 0. The highest BCUT2D eigenvalue weighted by Crippen LogP contribution is 2.32. The Morgan fingerprint density at radius 2 is 2.12 bits per heavy atom. The van der Waals surface area contributed by atoms with E-state index >= 15 is 0 Å². The molecule has 2 aromatic rings. The van der Waals surface area contributed by atoms with Crippen molar-refractivity contribution in [1.29, 1.82) is 0 Å². The first-order valence-corrected chi connectivity index (χ1v) is 9.11. The van der Waals surface area contributed by atoms with Gasteiger partial charge < -0.3 is 18.9 Å². The van der Waals surface area contributed by atoms with E-state index in [1.807, 2.05) is 35.4 Å². The first-order chi connectivity index (χ1) is 12.1. The van der Waals surface area contributed by atoms with Gasteiger partial charge in [-0.3, -0.25) is 4.79 Å². The van der Waals surface area contributed by atoms with E-state index in [-0.39, 0.29) is 24.2 Å². The summed E-state index contributed by atoms with van der Waals surface area (Å²) in [5.74, 6) is 0.115. The molecule has 0 N–H and O–H groups in total. The highest BCUT2D eigenvalue weighted by atomic mass is 16.5. The average molecular weight is 343 g/mol. The fourth-order valence-corrected chi connectivity index (χ4v) is 3.97. The zero-order valence-electron chi connectivity index (χ0n) is 14.9. The molecule has 6 nitrogen and oxygen atoms in total. The number of aromatic nitrogens is 2. The molecule has 2 saturated heterocycles. The lowest BCUT2D eigenvalue weighted by molar-refractivity contribution is -0.143. The second-order valence-electron chi connectivity index (χ2n) is 7.13. The van der Waals surface area contributed by atoms with E-state index in [4.69, 9.17) is 9.47 Å². The molecule has 25 heavy (non-hydrogen) atoms. The van der Waals surface area contributed by atoms with E-state index in [1.165, 1.54) is 0 Å². The Balaban J connectivity index is 1.63. The minimum Gasteiger partial charge on any atom is -0.372 e. The second-order valence-corrected chi connectivity index (χ2v) is 7.13. The fourth-order valence-electron chi connectivity index (χ4n) is 3.97. The van der Waals surface area contributed by atoms with Gasteiger partial charge in [-0.1, -0.05) is 0 Å². The maximum Gasteiger partial charge on any atom is 0.242 e. The summed E-state index contributed by atoms with van der Waals surface area (Å²) in [6.07, 6.45) is 4.04. The number of carbonyl (C=O) groups is 1. The van der Waals surface area contributed by atoms with Crippen LogP contribution < -0.4 is 0 Å². The number of ether oxygens (including phenoxy) is 2. The van der Waals surface area contributed by atoms with Gasteiger partial charge >= 0.3 is 0 Å². The third-order valence-corrected chi connectivity index (χ3v) is 5.01. The lowest BCUT2D eigenvalue weighted by Gasteiger charge is -2.35.